The van der Waals surface area contributed by atoms with Gasteiger partial charge in [0.2, 0.25) is 0 Å². The molecule has 0 unspecified atom stereocenters. The maximum atomic E-state index is 12.0. The summed E-state index contributed by atoms with van der Waals surface area (Å²) in [6.07, 6.45) is 0.576. The molecule has 0 saturated carbocycles. The molecule has 0 bridgehead atoms. The van der Waals surface area contributed by atoms with E-state index in [-0.39, 0.29) is 5.91 Å². The number of carbonyl (C=O) groups is 1. The zero-order valence-electron chi connectivity index (χ0n) is 11.8. The fourth-order valence-electron chi connectivity index (χ4n) is 2.12. The highest BCUT2D eigenvalue weighted by atomic mass is 16.3. The van der Waals surface area contributed by atoms with E-state index in [1.54, 1.807) is 0 Å². The Kier molecular flexibility index (Phi) is 3.69. The van der Waals surface area contributed by atoms with Crippen molar-refractivity contribution in [1.82, 2.24) is 10.3 Å². The third kappa shape index (κ3) is 3.11. The molecule has 0 saturated heterocycles. The van der Waals surface area contributed by atoms with E-state index in [1.807, 2.05) is 55.5 Å². The number of amides is 1. The molecule has 21 heavy (non-hydrogen) atoms. The summed E-state index contributed by atoms with van der Waals surface area (Å²) in [7, 11) is 0. The van der Waals surface area contributed by atoms with Gasteiger partial charge in [0.25, 0.3) is 5.91 Å². The predicted octanol–water partition coefficient (Wildman–Crippen LogP) is 3.11. The van der Waals surface area contributed by atoms with Gasteiger partial charge in [0, 0.05) is 18.5 Å². The molecule has 106 valence electrons. The molecule has 0 atom stereocenters. The van der Waals surface area contributed by atoms with Crippen LogP contribution in [0.2, 0.25) is 0 Å². The van der Waals surface area contributed by atoms with Gasteiger partial charge >= 0.3 is 0 Å². The number of fused-ring (bicyclic) bond motifs is 1. The Balaban J connectivity index is 1.58. The van der Waals surface area contributed by atoms with Gasteiger partial charge in [0.1, 0.15) is 5.52 Å². The summed E-state index contributed by atoms with van der Waals surface area (Å²) >= 11 is 0. The van der Waals surface area contributed by atoms with E-state index < -0.39 is 0 Å². The summed E-state index contributed by atoms with van der Waals surface area (Å²) in [4.78, 5) is 16.3. The van der Waals surface area contributed by atoms with Crippen molar-refractivity contribution in [3.63, 3.8) is 0 Å². The minimum atomic E-state index is -0.0777. The van der Waals surface area contributed by atoms with Crippen molar-refractivity contribution in [3.8, 4) is 0 Å². The number of aromatic nitrogens is 1. The smallest absolute Gasteiger partial charge is 0.251 e. The molecule has 1 N–H and O–H groups in total. The van der Waals surface area contributed by atoms with Crippen LogP contribution in [0.15, 0.2) is 52.9 Å². The number of hydrogen-bond donors (Lipinski definition) is 1. The summed E-state index contributed by atoms with van der Waals surface area (Å²) in [5, 5.41) is 2.87. The molecule has 2 aromatic carbocycles. The first-order valence-electron chi connectivity index (χ1n) is 6.92. The molecule has 3 aromatic rings. The average Bonchev–Trinajstić information content (AvgIpc) is 2.90. The summed E-state index contributed by atoms with van der Waals surface area (Å²) < 4.78 is 5.61. The maximum Gasteiger partial charge on any atom is 0.251 e. The van der Waals surface area contributed by atoms with E-state index in [0.29, 0.717) is 24.4 Å². The van der Waals surface area contributed by atoms with Crippen LogP contribution in [0, 0.1) is 6.92 Å². The largest absolute Gasteiger partial charge is 0.441 e. The molecule has 3 rings (SSSR count). The molecule has 1 aromatic heterocycles. The van der Waals surface area contributed by atoms with Crippen molar-refractivity contribution in [2.24, 2.45) is 0 Å². The van der Waals surface area contributed by atoms with Crippen LogP contribution >= 0.6 is 0 Å². The molecule has 0 radical (unpaired) electrons. The standard InChI is InChI=1S/C17H16N2O2/c1-12-6-8-13(9-7-12)17(20)18-11-10-16-19-14-4-2-3-5-15(14)21-16/h2-9H,10-11H2,1H3,(H,18,20). The van der Waals surface area contributed by atoms with Gasteiger partial charge in [0.15, 0.2) is 11.5 Å². The Morgan fingerprint density at radius 3 is 2.67 bits per heavy atom. The molecule has 0 aliphatic heterocycles. The van der Waals surface area contributed by atoms with Crippen LogP contribution in [0.4, 0.5) is 0 Å². The van der Waals surface area contributed by atoms with Crippen molar-refractivity contribution in [2.75, 3.05) is 6.54 Å². The number of hydrogen-bond acceptors (Lipinski definition) is 3. The highest BCUT2D eigenvalue weighted by molar-refractivity contribution is 5.94. The van der Waals surface area contributed by atoms with Crippen molar-refractivity contribution in [3.05, 3.63) is 65.5 Å². The lowest BCUT2D eigenvalue weighted by Gasteiger charge is -2.03. The van der Waals surface area contributed by atoms with Crippen molar-refractivity contribution < 1.29 is 9.21 Å². The Morgan fingerprint density at radius 1 is 1.14 bits per heavy atom. The van der Waals surface area contributed by atoms with Crippen molar-refractivity contribution >= 4 is 17.0 Å². The molecular weight excluding hydrogens is 264 g/mol. The van der Waals surface area contributed by atoms with E-state index in [2.05, 4.69) is 10.3 Å². The summed E-state index contributed by atoms with van der Waals surface area (Å²) in [5.41, 5.74) is 3.42. The number of carbonyl (C=O) groups excluding carboxylic acids is 1. The summed E-state index contributed by atoms with van der Waals surface area (Å²) in [6.45, 7) is 2.49. The van der Waals surface area contributed by atoms with Gasteiger partial charge in [-0.1, -0.05) is 29.8 Å². The molecule has 0 fully saturated rings. The molecule has 4 nitrogen and oxygen atoms in total. The number of nitrogens with one attached hydrogen (secondary N) is 1. The summed E-state index contributed by atoms with van der Waals surface area (Å²) in [6, 6.07) is 15.1. The van der Waals surface area contributed by atoms with Gasteiger partial charge in [-0.05, 0) is 31.2 Å². The zero-order valence-corrected chi connectivity index (χ0v) is 11.8. The highest BCUT2D eigenvalue weighted by Crippen LogP contribution is 2.14. The molecule has 1 heterocycles. The first kappa shape index (κ1) is 13.4. The van der Waals surface area contributed by atoms with E-state index in [4.69, 9.17) is 4.42 Å². The fraction of sp³-hybridized carbons (Fsp3) is 0.176. The van der Waals surface area contributed by atoms with Crippen LogP contribution in [0.25, 0.3) is 11.1 Å². The maximum absolute atomic E-state index is 12.0. The Morgan fingerprint density at radius 2 is 1.90 bits per heavy atom. The number of rotatable bonds is 4. The monoisotopic (exact) mass is 280 g/mol. The first-order valence-corrected chi connectivity index (χ1v) is 6.92. The Bertz CT molecular complexity index is 727. The summed E-state index contributed by atoms with van der Waals surface area (Å²) in [5.74, 6) is 0.562. The lowest BCUT2D eigenvalue weighted by molar-refractivity contribution is 0.0953. The number of oxazole rings is 1. The molecule has 0 aliphatic rings. The van der Waals surface area contributed by atoms with Gasteiger partial charge in [-0.15, -0.1) is 0 Å². The lowest BCUT2D eigenvalue weighted by atomic mass is 10.1. The van der Waals surface area contributed by atoms with Gasteiger partial charge < -0.3 is 9.73 Å². The van der Waals surface area contributed by atoms with E-state index in [1.165, 1.54) is 0 Å². The van der Waals surface area contributed by atoms with Crippen LogP contribution in [0.1, 0.15) is 21.8 Å². The van der Waals surface area contributed by atoms with Crippen LogP contribution in [0.3, 0.4) is 0 Å². The highest BCUT2D eigenvalue weighted by Gasteiger charge is 2.07. The normalized spacial score (nSPS) is 10.7. The lowest BCUT2D eigenvalue weighted by Crippen LogP contribution is -2.25. The van der Waals surface area contributed by atoms with Gasteiger partial charge in [-0.25, -0.2) is 4.98 Å². The Labute approximate surface area is 122 Å². The quantitative estimate of drug-likeness (QED) is 0.799. The number of para-hydroxylation sites is 2. The SMILES string of the molecule is Cc1ccc(C(=O)NCCc2nc3ccccc3o2)cc1. The van der Waals surface area contributed by atoms with E-state index >= 15 is 0 Å². The van der Waals surface area contributed by atoms with Gasteiger partial charge in [0.05, 0.1) is 0 Å². The van der Waals surface area contributed by atoms with Crippen LogP contribution in [0.5, 0.6) is 0 Å². The van der Waals surface area contributed by atoms with E-state index in [0.717, 1.165) is 16.7 Å². The zero-order chi connectivity index (χ0) is 14.7. The first-order chi connectivity index (χ1) is 10.2. The van der Waals surface area contributed by atoms with Crippen LogP contribution in [-0.4, -0.2) is 17.4 Å². The average molecular weight is 280 g/mol. The van der Waals surface area contributed by atoms with E-state index in [9.17, 15) is 4.79 Å². The predicted molar refractivity (Wildman–Crippen MR) is 81.2 cm³/mol. The van der Waals surface area contributed by atoms with Crippen molar-refractivity contribution in [1.29, 1.82) is 0 Å². The minimum Gasteiger partial charge on any atom is -0.441 e. The topological polar surface area (TPSA) is 55.1 Å². The van der Waals surface area contributed by atoms with Gasteiger partial charge in [-0.2, -0.15) is 0 Å². The molecule has 0 aliphatic carbocycles. The fourth-order valence-corrected chi connectivity index (χ4v) is 2.12. The minimum absolute atomic E-state index is 0.0777. The third-order valence-electron chi connectivity index (χ3n) is 3.28. The molecular formula is C17H16N2O2. The van der Waals surface area contributed by atoms with Gasteiger partial charge in [-0.3, -0.25) is 4.79 Å². The number of nitrogens with zero attached hydrogens (tertiary/aromatic N) is 1. The number of benzene rings is 2. The Hall–Kier alpha value is -2.62. The molecule has 4 heteroatoms. The third-order valence-corrected chi connectivity index (χ3v) is 3.28. The number of aryl methyl sites for hydroxylation is 1. The second-order valence-corrected chi connectivity index (χ2v) is 4.95. The molecule has 1 amide bonds. The second kappa shape index (κ2) is 5.79. The molecule has 0 spiro atoms. The van der Waals surface area contributed by atoms with Crippen molar-refractivity contribution in [2.45, 2.75) is 13.3 Å². The van der Waals surface area contributed by atoms with Crippen LogP contribution in [-0.2, 0) is 6.42 Å². The second-order valence-electron chi connectivity index (χ2n) is 4.95. The van der Waals surface area contributed by atoms with Crippen LogP contribution < -0.4 is 5.32 Å².